The van der Waals surface area contributed by atoms with Crippen molar-refractivity contribution < 1.29 is 44.3 Å². The van der Waals surface area contributed by atoms with Gasteiger partial charge < -0.3 is 35.8 Å². The van der Waals surface area contributed by atoms with Crippen LogP contribution in [0.5, 0.6) is 0 Å². The Labute approximate surface area is 196 Å². The lowest BCUT2D eigenvalue weighted by atomic mass is 10.0. The number of carbonyl (C=O) groups is 4. The van der Waals surface area contributed by atoms with E-state index >= 15 is 0 Å². The first kappa shape index (κ1) is 35.0. The molecule has 0 spiro atoms. The highest BCUT2D eigenvalue weighted by Gasteiger charge is 2.25. The van der Waals surface area contributed by atoms with Crippen molar-refractivity contribution in [1.29, 1.82) is 0 Å². The molecule has 0 aromatic carbocycles. The van der Waals surface area contributed by atoms with E-state index in [1.807, 2.05) is 27.7 Å². The molecule has 0 rings (SSSR count). The van der Waals surface area contributed by atoms with Crippen molar-refractivity contribution in [2.75, 3.05) is 0 Å². The highest BCUT2D eigenvalue weighted by Crippen LogP contribution is 2.10. The molecule has 0 aliphatic carbocycles. The summed E-state index contributed by atoms with van der Waals surface area (Å²) < 4.78 is 9.97. The minimum atomic E-state index is -1.04. The SMILES string of the molecule is CC(C)C[C@H](NC(=O)OC(C)(C)C)C(=O)O.CC(C)C[C@H](NC(=O)OC(C)(C)C)C(=O)O.O. The number of rotatable bonds is 8. The van der Waals surface area contributed by atoms with Gasteiger partial charge in [0.25, 0.3) is 0 Å². The number of carboxylic acids is 2. The lowest BCUT2D eigenvalue weighted by molar-refractivity contribution is -0.140. The minimum Gasteiger partial charge on any atom is -0.480 e. The van der Waals surface area contributed by atoms with Gasteiger partial charge in [-0.1, -0.05) is 27.7 Å². The molecule has 0 fully saturated rings. The number of hydrogen-bond donors (Lipinski definition) is 4. The summed E-state index contributed by atoms with van der Waals surface area (Å²) in [6, 6.07) is -1.79. The van der Waals surface area contributed by atoms with Crippen LogP contribution in [0, 0.1) is 11.8 Å². The molecule has 6 N–H and O–H groups in total. The average Bonchev–Trinajstić information content (AvgIpc) is 2.49. The number of hydrogen-bond acceptors (Lipinski definition) is 6. The smallest absolute Gasteiger partial charge is 0.408 e. The van der Waals surface area contributed by atoms with Crippen LogP contribution in [0.25, 0.3) is 0 Å². The summed E-state index contributed by atoms with van der Waals surface area (Å²) in [5.74, 6) is -1.70. The zero-order chi connectivity index (χ0) is 25.9. The van der Waals surface area contributed by atoms with E-state index in [-0.39, 0.29) is 17.3 Å². The van der Waals surface area contributed by atoms with Crippen molar-refractivity contribution in [3.05, 3.63) is 0 Å². The summed E-state index contributed by atoms with van der Waals surface area (Å²) in [6.07, 6.45) is -0.621. The molecule has 0 aliphatic rings. The summed E-state index contributed by atoms with van der Waals surface area (Å²) in [5, 5.41) is 22.5. The maximum Gasteiger partial charge on any atom is 0.408 e. The first-order valence-electron chi connectivity index (χ1n) is 10.7. The van der Waals surface area contributed by atoms with Gasteiger partial charge in [-0.05, 0) is 66.2 Å². The van der Waals surface area contributed by atoms with Gasteiger partial charge in [0.1, 0.15) is 23.3 Å². The molecule has 0 aromatic heterocycles. The Morgan fingerprint density at radius 1 is 0.667 bits per heavy atom. The van der Waals surface area contributed by atoms with Crippen LogP contribution in [0.3, 0.4) is 0 Å². The van der Waals surface area contributed by atoms with E-state index in [4.69, 9.17) is 19.7 Å². The topological polar surface area (TPSA) is 183 Å². The lowest BCUT2D eigenvalue weighted by Crippen LogP contribution is -2.44. The molecule has 196 valence electrons. The van der Waals surface area contributed by atoms with Crippen LogP contribution in [0.2, 0.25) is 0 Å². The zero-order valence-electron chi connectivity index (χ0n) is 21.6. The van der Waals surface area contributed by atoms with E-state index in [0.29, 0.717) is 12.8 Å². The fourth-order valence-corrected chi connectivity index (χ4v) is 2.29. The van der Waals surface area contributed by atoms with Gasteiger partial charge in [0.05, 0.1) is 0 Å². The Balaban J connectivity index is -0.000000529. The summed E-state index contributed by atoms with van der Waals surface area (Å²) >= 11 is 0. The quantitative estimate of drug-likeness (QED) is 0.408. The van der Waals surface area contributed by atoms with Gasteiger partial charge in [0, 0.05) is 0 Å². The molecule has 0 saturated heterocycles. The number of carbonyl (C=O) groups excluding carboxylic acids is 2. The van der Waals surface area contributed by atoms with Crippen LogP contribution in [0.15, 0.2) is 0 Å². The van der Waals surface area contributed by atoms with E-state index in [2.05, 4.69) is 10.6 Å². The first-order valence-corrected chi connectivity index (χ1v) is 10.7. The predicted octanol–water partition coefficient (Wildman–Crippen LogP) is 3.20. The van der Waals surface area contributed by atoms with Crippen molar-refractivity contribution in [2.24, 2.45) is 11.8 Å². The highest BCUT2D eigenvalue weighted by molar-refractivity contribution is 5.80. The summed E-state index contributed by atoms with van der Waals surface area (Å²) in [5.41, 5.74) is -1.24. The number of nitrogens with one attached hydrogen (secondary N) is 2. The Morgan fingerprint density at radius 3 is 1.06 bits per heavy atom. The Bertz CT molecular complexity index is 566. The van der Waals surface area contributed by atoms with Gasteiger partial charge in [0.15, 0.2) is 0 Å². The third kappa shape index (κ3) is 22.4. The fraction of sp³-hybridized carbons (Fsp3) is 0.818. The van der Waals surface area contributed by atoms with E-state index in [1.54, 1.807) is 41.5 Å². The van der Waals surface area contributed by atoms with E-state index in [0.717, 1.165) is 0 Å². The van der Waals surface area contributed by atoms with Crippen molar-refractivity contribution in [2.45, 2.75) is 105 Å². The third-order valence-corrected chi connectivity index (χ3v) is 3.39. The molecule has 11 nitrogen and oxygen atoms in total. The van der Waals surface area contributed by atoms with Gasteiger partial charge in [-0.25, -0.2) is 19.2 Å². The van der Waals surface area contributed by atoms with Crippen LogP contribution in [-0.4, -0.2) is 63.1 Å². The standard InChI is InChI=1S/2C11H21NO4.H2O/c2*1-7(2)6-8(9(13)14)12-10(15)16-11(3,4)5;/h2*7-8H,6H2,1-5H3,(H,12,15)(H,13,14);1H2/t2*8-;/m00./s1. The maximum atomic E-state index is 11.4. The predicted molar refractivity (Wildman–Crippen MR) is 124 cm³/mol. The summed E-state index contributed by atoms with van der Waals surface area (Å²) in [4.78, 5) is 44.4. The largest absolute Gasteiger partial charge is 0.480 e. The fourth-order valence-electron chi connectivity index (χ4n) is 2.29. The average molecular weight is 481 g/mol. The van der Waals surface area contributed by atoms with E-state index < -0.39 is 47.4 Å². The summed E-state index contributed by atoms with van der Waals surface area (Å²) in [7, 11) is 0. The minimum absolute atomic E-state index is 0. The second-order valence-corrected chi connectivity index (χ2v) is 10.3. The Morgan fingerprint density at radius 2 is 0.909 bits per heavy atom. The lowest BCUT2D eigenvalue weighted by Gasteiger charge is -2.22. The zero-order valence-corrected chi connectivity index (χ0v) is 21.6. The molecule has 0 saturated carbocycles. The van der Waals surface area contributed by atoms with Crippen molar-refractivity contribution in [1.82, 2.24) is 10.6 Å². The van der Waals surface area contributed by atoms with Crippen LogP contribution < -0.4 is 10.6 Å². The normalized spacial score (nSPS) is 13.0. The molecule has 0 aromatic rings. The molecular weight excluding hydrogens is 436 g/mol. The molecule has 0 radical (unpaired) electrons. The Hall–Kier alpha value is -2.56. The molecule has 0 heterocycles. The number of ether oxygens (including phenoxy) is 2. The number of alkyl carbamates (subject to hydrolysis) is 2. The Kier molecular flexibility index (Phi) is 16.3. The monoisotopic (exact) mass is 480 g/mol. The second-order valence-electron chi connectivity index (χ2n) is 10.3. The number of aliphatic carboxylic acids is 2. The van der Waals surface area contributed by atoms with Crippen LogP contribution in [0.4, 0.5) is 9.59 Å². The van der Waals surface area contributed by atoms with Crippen LogP contribution in [-0.2, 0) is 19.1 Å². The molecule has 2 amide bonds. The highest BCUT2D eigenvalue weighted by atomic mass is 16.6. The van der Waals surface area contributed by atoms with Crippen LogP contribution in [0.1, 0.15) is 82.1 Å². The van der Waals surface area contributed by atoms with E-state index in [1.165, 1.54) is 0 Å². The van der Waals surface area contributed by atoms with Gasteiger partial charge >= 0.3 is 24.1 Å². The van der Waals surface area contributed by atoms with Crippen molar-refractivity contribution in [3.8, 4) is 0 Å². The summed E-state index contributed by atoms with van der Waals surface area (Å²) in [6.45, 7) is 17.9. The molecule has 2 atom stereocenters. The van der Waals surface area contributed by atoms with Gasteiger partial charge in [-0.3, -0.25) is 0 Å². The van der Waals surface area contributed by atoms with Gasteiger partial charge in [0.2, 0.25) is 0 Å². The third-order valence-electron chi connectivity index (χ3n) is 3.39. The number of carboxylic acid groups (broad SMARTS) is 2. The van der Waals surface area contributed by atoms with Gasteiger partial charge in [-0.2, -0.15) is 0 Å². The van der Waals surface area contributed by atoms with Crippen molar-refractivity contribution >= 4 is 24.1 Å². The van der Waals surface area contributed by atoms with E-state index in [9.17, 15) is 19.2 Å². The van der Waals surface area contributed by atoms with Gasteiger partial charge in [-0.15, -0.1) is 0 Å². The molecular formula is C22H44N2O9. The number of amides is 2. The first-order chi connectivity index (χ1) is 14.2. The van der Waals surface area contributed by atoms with Crippen molar-refractivity contribution in [3.63, 3.8) is 0 Å². The maximum absolute atomic E-state index is 11.4. The molecule has 0 aliphatic heterocycles. The van der Waals surface area contributed by atoms with Crippen LogP contribution >= 0.6 is 0 Å². The molecule has 33 heavy (non-hydrogen) atoms. The molecule has 11 heteroatoms. The molecule has 0 bridgehead atoms. The second kappa shape index (κ2) is 15.3. The molecule has 0 unspecified atom stereocenters.